The first-order chi connectivity index (χ1) is 5.68. The summed E-state index contributed by atoms with van der Waals surface area (Å²) in [5.41, 5.74) is 0.680. The average Bonchev–Trinajstić information content (AvgIpc) is 2.33. The lowest BCUT2D eigenvalue weighted by Gasteiger charge is -1.94. The molecule has 0 spiro atoms. The van der Waals surface area contributed by atoms with Crippen molar-refractivity contribution in [2.24, 2.45) is 0 Å². The third-order valence-corrected chi connectivity index (χ3v) is 3.43. The van der Waals surface area contributed by atoms with Gasteiger partial charge in [-0.25, -0.2) is 4.98 Å². The van der Waals surface area contributed by atoms with Gasteiger partial charge in [-0.2, -0.15) is 0 Å². The number of thiophene rings is 1. The van der Waals surface area contributed by atoms with E-state index >= 15 is 0 Å². The van der Waals surface area contributed by atoms with E-state index in [2.05, 4.69) is 4.98 Å². The monoisotopic (exact) mass is 237 g/mol. The number of hydrogen-bond donors (Lipinski definition) is 0. The van der Waals surface area contributed by atoms with E-state index in [9.17, 15) is 0 Å². The Labute approximate surface area is 87.9 Å². The summed E-state index contributed by atoms with van der Waals surface area (Å²) in [5, 5.41) is 3.36. The first-order valence-corrected chi connectivity index (χ1v) is 5.08. The van der Waals surface area contributed by atoms with E-state index < -0.39 is 0 Å². The molecule has 1 nitrogen and oxygen atoms in total. The number of rotatable bonds is 0. The number of hydrogen-bond acceptors (Lipinski definition) is 2. The van der Waals surface area contributed by atoms with Crippen molar-refractivity contribution in [2.45, 2.75) is 0 Å². The van der Waals surface area contributed by atoms with Crippen molar-refractivity contribution in [3.8, 4) is 0 Å². The molecule has 0 fully saturated rings. The predicted octanol–water partition coefficient (Wildman–Crippen LogP) is 4.26. The fourth-order valence-electron chi connectivity index (χ4n) is 0.914. The first kappa shape index (κ1) is 8.57. The van der Waals surface area contributed by atoms with Crippen molar-refractivity contribution in [1.29, 1.82) is 0 Å². The second-order valence-corrected chi connectivity index (χ2v) is 4.27. The van der Waals surface area contributed by atoms with Gasteiger partial charge in [0.25, 0.3) is 0 Å². The number of halogens is 3. The van der Waals surface area contributed by atoms with Crippen LogP contribution >= 0.6 is 46.1 Å². The molecule has 0 amide bonds. The SMILES string of the molecule is Clc1cc(Cl)c2scc(Cl)c2n1. The fourth-order valence-corrected chi connectivity index (χ4v) is 2.59. The van der Waals surface area contributed by atoms with Crippen molar-refractivity contribution in [2.75, 3.05) is 0 Å². The van der Waals surface area contributed by atoms with Gasteiger partial charge in [0.2, 0.25) is 0 Å². The molecule has 0 aliphatic heterocycles. The zero-order valence-corrected chi connectivity index (χ0v) is 8.73. The Balaban J connectivity index is 2.92. The minimum Gasteiger partial charge on any atom is -0.234 e. The first-order valence-electron chi connectivity index (χ1n) is 3.07. The quantitative estimate of drug-likeness (QED) is 0.625. The molecule has 5 heteroatoms. The third-order valence-electron chi connectivity index (χ3n) is 1.40. The van der Waals surface area contributed by atoms with Crippen LogP contribution in [-0.4, -0.2) is 4.98 Å². The molecule has 0 saturated heterocycles. The van der Waals surface area contributed by atoms with Gasteiger partial charge in [0.15, 0.2) is 0 Å². The van der Waals surface area contributed by atoms with Gasteiger partial charge in [0.05, 0.1) is 14.7 Å². The molecule has 0 aliphatic rings. The van der Waals surface area contributed by atoms with Gasteiger partial charge < -0.3 is 0 Å². The van der Waals surface area contributed by atoms with E-state index in [4.69, 9.17) is 34.8 Å². The second-order valence-electron chi connectivity index (χ2n) is 2.19. The molecule has 0 atom stereocenters. The van der Waals surface area contributed by atoms with Crippen molar-refractivity contribution in [3.63, 3.8) is 0 Å². The Morgan fingerprint density at radius 2 is 1.92 bits per heavy atom. The molecule has 2 rings (SSSR count). The molecule has 62 valence electrons. The molecule has 0 bridgehead atoms. The maximum atomic E-state index is 5.90. The van der Waals surface area contributed by atoms with E-state index in [1.165, 1.54) is 11.3 Å². The van der Waals surface area contributed by atoms with Gasteiger partial charge in [-0.1, -0.05) is 34.8 Å². The molecule has 0 unspecified atom stereocenters. The van der Waals surface area contributed by atoms with Gasteiger partial charge in [-0.05, 0) is 6.07 Å². The summed E-state index contributed by atoms with van der Waals surface area (Å²) in [7, 11) is 0. The third kappa shape index (κ3) is 1.29. The Hall–Kier alpha value is -0.0200. The van der Waals surface area contributed by atoms with Gasteiger partial charge in [-0.15, -0.1) is 11.3 Å². The molecular weight excluding hydrogens is 237 g/mol. The van der Waals surface area contributed by atoms with Crippen LogP contribution in [0.1, 0.15) is 0 Å². The van der Waals surface area contributed by atoms with Crippen molar-refractivity contribution in [3.05, 3.63) is 26.6 Å². The molecule has 2 aromatic rings. The van der Waals surface area contributed by atoms with Crippen LogP contribution in [0.5, 0.6) is 0 Å². The van der Waals surface area contributed by atoms with E-state index in [1.807, 2.05) is 0 Å². The van der Waals surface area contributed by atoms with Crippen LogP contribution in [0.2, 0.25) is 15.2 Å². The smallest absolute Gasteiger partial charge is 0.131 e. The molecule has 2 heterocycles. The van der Waals surface area contributed by atoms with Crippen LogP contribution in [0.4, 0.5) is 0 Å². The highest BCUT2D eigenvalue weighted by molar-refractivity contribution is 7.18. The standard InChI is InChI=1S/C7H2Cl3NS/c8-3-1-5(10)11-6-4(9)2-12-7(3)6/h1-2H. The highest BCUT2D eigenvalue weighted by Gasteiger charge is 2.07. The van der Waals surface area contributed by atoms with Crippen molar-refractivity contribution in [1.82, 2.24) is 4.98 Å². The summed E-state index contributed by atoms with van der Waals surface area (Å²) in [4.78, 5) is 4.06. The molecule has 0 aliphatic carbocycles. The molecule has 12 heavy (non-hydrogen) atoms. The minimum absolute atomic E-state index is 0.368. The summed E-state index contributed by atoms with van der Waals surface area (Å²) in [6.45, 7) is 0. The van der Waals surface area contributed by atoms with Crippen molar-refractivity contribution < 1.29 is 0 Å². The summed E-state index contributed by atoms with van der Waals surface area (Å²) >= 11 is 18.9. The van der Waals surface area contributed by atoms with Crippen LogP contribution < -0.4 is 0 Å². The van der Waals surface area contributed by atoms with Crippen molar-refractivity contribution >= 4 is 56.4 Å². The van der Waals surface area contributed by atoms with Crippen LogP contribution in [0.25, 0.3) is 10.2 Å². The lowest BCUT2D eigenvalue weighted by Crippen LogP contribution is -1.75. The van der Waals surface area contributed by atoms with Crippen LogP contribution in [0.3, 0.4) is 0 Å². The van der Waals surface area contributed by atoms with Gasteiger partial charge in [0, 0.05) is 5.38 Å². The zero-order chi connectivity index (χ0) is 8.72. The summed E-state index contributed by atoms with van der Waals surface area (Å²) in [6, 6.07) is 1.61. The number of pyridine rings is 1. The van der Waals surface area contributed by atoms with Gasteiger partial charge in [-0.3, -0.25) is 0 Å². The normalized spacial score (nSPS) is 10.9. The maximum Gasteiger partial charge on any atom is 0.131 e. The molecule has 0 N–H and O–H groups in total. The molecular formula is C7H2Cl3NS. The summed E-state index contributed by atoms with van der Waals surface area (Å²) < 4.78 is 0.881. The van der Waals surface area contributed by atoms with Crippen LogP contribution in [-0.2, 0) is 0 Å². The highest BCUT2D eigenvalue weighted by atomic mass is 35.5. The van der Waals surface area contributed by atoms with E-state index in [0.717, 1.165) is 4.70 Å². The minimum atomic E-state index is 0.368. The van der Waals surface area contributed by atoms with Gasteiger partial charge in [0.1, 0.15) is 10.7 Å². The Kier molecular flexibility index (Phi) is 2.17. The highest BCUT2D eigenvalue weighted by Crippen LogP contribution is 2.34. The lowest BCUT2D eigenvalue weighted by atomic mass is 10.4. The average molecular weight is 239 g/mol. The molecule has 0 radical (unpaired) electrons. The van der Waals surface area contributed by atoms with Gasteiger partial charge >= 0.3 is 0 Å². The number of aromatic nitrogens is 1. The van der Waals surface area contributed by atoms with E-state index in [1.54, 1.807) is 11.4 Å². The van der Waals surface area contributed by atoms with Crippen LogP contribution in [0, 0.1) is 0 Å². The van der Waals surface area contributed by atoms with Crippen LogP contribution in [0.15, 0.2) is 11.4 Å². The fraction of sp³-hybridized carbons (Fsp3) is 0. The molecule has 0 saturated carbocycles. The lowest BCUT2D eigenvalue weighted by molar-refractivity contribution is 1.43. The summed E-state index contributed by atoms with van der Waals surface area (Å²) in [6.07, 6.45) is 0. The number of nitrogens with zero attached hydrogens (tertiary/aromatic N) is 1. The second kappa shape index (κ2) is 3.04. The zero-order valence-electron chi connectivity index (χ0n) is 5.64. The topological polar surface area (TPSA) is 12.9 Å². The largest absolute Gasteiger partial charge is 0.234 e. The van der Waals surface area contributed by atoms with E-state index in [0.29, 0.717) is 20.7 Å². The maximum absolute atomic E-state index is 5.90. The molecule has 2 aromatic heterocycles. The molecule has 0 aromatic carbocycles. The Morgan fingerprint density at radius 3 is 2.67 bits per heavy atom. The van der Waals surface area contributed by atoms with E-state index in [-0.39, 0.29) is 0 Å². The Morgan fingerprint density at radius 1 is 1.17 bits per heavy atom. The number of fused-ring (bicyclic) bond motifs is 1. The summed E-state index contributed by atoms with van der Waals surface area (Å²) in [5.74, 6) is 0. The predicted molar refractivity (Wildman–Crippen MR) is 54.7 cm³/mol. The Bertz CT molecular complexity index is 437.